The SMILES string of the molecule is O=C(O)Cc1cn(Cc2csc3ccc(Cl)cc23)c2cc(-c3ccnc(NCCO)c3)ccc12. The van der Waals surface area contributed by atoms with E-state index in [9.17, 15) is 9.90 Å². The third kappa shape index (κ3) is 4.50. The van der Waals surface area contributed by atoms with Crippen molar-refractivity contribution < 1.29 is 15.0 Å². The maximum absolute atomic E-state index is 11.5. The fourth-order valence-electron chi connectivity index (χ4n) is 4.23. The van der Waals surface area contributed by atoms with E-state index in [4.69, 9.17) is 16.7 Å². The van der Waals surface area contributed by atoms with E-state index in [2.05, 4.69) is 26.3 Å². The van der Waals surface area contributed by atoms with Crippen LogP contribution < -0.4 is 5.32 Å². The maximum atomic E-state index is 11.5. The number of hydrogen-bond acceptors (Lipinski definition) is 5. The van der Waals surface area contributed by atoms with E-state index in [0.29, 0.717) is 23.9 Å². The number of nitrogens with one attached hydrogen (secondary N) is 1. The fourth-order valence-corrected chi connectivity index (χ4v) is 5.34. The van der Waals surface area contributed by atoms with E-state index < -0.39 is 5.97 Å². The molecule has 0 aliphatic heterocycles. The zero-order valence-electron chi connectivity index (χ0n) is 18.2. The standard InChI is InChI=1S/C26H22ClN3O3S/c27-20-2-4-24-22(12-20)19(15-34-24)14-30-13-18(11-26(32)33)21-3-1-16(9-23(21)30)17-5-6-28-25(10-17)29-7-8-31/h1-6,9-10,12-13,15,31H,7-8,11,14H2,(H,28,29)(H,32,33). The molecule has 3 aromatic heterocycles. The lowest BCUT2D eigenvalue weighted by atomic mass is 10.0. The number of aliphatic carboxylic acids is 1. The average molecular weight is 492 g/mol. The zero-order valence-corrected chi connectivity index (χ0v) is 19.7. The van der Waals surface area contributed by atoms with Crippen molar-refractivity contribution in [2.75, 3.05) is 18.5 Å². The van der Waals surface area contributed by atoms with E-state index in [0.717, 1.165) is 38.5 Å². The van der Waals surface area contributed by atoms with E-state index in [-0.39, 0.29) is 13.0 Å². The number of halogens is 1. The second-order valence-corrected chi connectivity index (χ2v) is 9.41. The van der Waals surface area contributed by atoms with E-state index in [1.807, 2.05) is 48.7 Å². The van der Waals surface area contributed by atoms with Crippen LogP contribution in [0.2, 0.25) is 5.02 Å². The average Bonchev–Trinajstić information content (AvgIpc) is 3.38. The molecule has 8 heteroatoms. The number of nitrogens with zero attached hydrogens (tertiary/aromatic N) is 2. The summed E-state index contributed by atoms with van der Waals surface area (Å²) in [5.41, 5.74) is 4.88. The Hall–Kier alpha value is -3.39. The van der Waals surface area contributed by atoms with Gasteiger partial charge in [-0.25, -0.2) is 4.98 Å². The highest BCUT2D eigenvalue weighted by molar-refractivity contribution is 7.17. The molecule has 0 unspecified atom stereocenters. The number of carboxylic acid groups (broad SMARTS) is 1. The molecule has 6 nitrogen and oxygen atoms in total. The van der Waals surface area contributed by atoms with E-state index >= 15 is 0 Å². The van der Waals surface area contributed by atoms with E-state index in [1.54, 1.807) is 17.5 Å². The van der Waals surface area contributed by atoms with Gasteiger partial charge in [-0.2, -0.15) is 0 Å². The molecule has 2 aromatic carbocycles. The number of rotatable bonds is 8. The van der Waals surface area contributed by atoms with Crippen molar-refractivity contribution in [3.63, 3.8) is 0 Å². The van der Waals surface area contributed by atoms with Crippen LogP contribution >= 0.6 is 22.9 Å². The summed E-state index contributed by atoms with van der Waals surface area (Å²) in [6.07, 6.45) is 3.64. The number of anilines is 1. The van der Waals surface area contributed by atoms with Gasteiger partial charge in [0.25, 0.3) is 0 Å². The smallest absolute Gasteiger partial charge is 0.307 e. The van der Waals surface area contributed by atoms with Gasteiger partial charge in [0.05, 0.1) is 13.0 Å². The van der Waals surface area contributed by atoms with Crippen molar-refractivity contribution in [3.8, 4) is 11.1 Å². The minimum absolute atomic E-state index is 0.0280. The molecule has 0 radical (unpaired) electrons. The lowest BCUT2D eigenvalue weighted by Crippen LogP contribution is -2.06. The lowest BCUT2D eigenvalue weighted by molar-refractivity contribution is -0.136. The Morgan fingerprint density at radius 2 is 1.91 bits per heavy atom. The number of carboxylic acids is 1. The highest BCUT2D eigenvalue weighted by Gasteiger charge is 2.15. The highest BCUT2D eigenvalue weighted by atomic mass is 35.5. The molecule has 3 N–H and O–H groups in total. The molecule has 0 amide bonds. The summed E-state index contributed by atoms with van der Waals surface area (Å²) >= 11 is 7.92. The number of thiophene rings is 1. The summed E-state index contributed by atoms with van der Waals surface area (Å²) in [4.78, 5) is 15.8. The fraction of sp³-hybridized carbons (Fsp3) is 0.154. The first kappa shape index (κ1) is 22.4. The van der Waals surface area contributed by atoms with Crippen LogP contribution in [0, 0.1) is 0 Å². The van der Waals surface area contributed by atoms with Gasteiger partial charge in [-0.15, -0.1) is 11.3 Å². The third-order valence-electron chi connectivity index (χ3n) is 5.77. The van der Waals surface area contributed by atoms with Crippen LogP contribution in [0.5, 0.6) is 0 Å². The van der Waals surface area contributed by atoms with Gasteiger partial charge >= 0.3 is 5.97 Å². The first-order chi connectivity index (χ1) is 16.5. The number of aromatic nitrogens is 2. The quantitative estimate of drug-likeness (QED) is 0.261. The molecule has 5 rings (SSSR count). The molecule has 3 heterocycles. The minimum Gasteiger partial charge on any atom is -0.481 e. The maximum Gasteiger partial charge on any atom is 0.307 e. The second-order valence-electron chi connectivity index (χ2n) is 8.07. The number of aliphatic hydroxyl groups is 1. The first-order valence-corrected chi connectivity index (χ1v) is 12.1. The van der Waals surface area contributed by atoms with Crippen molar-refractivity contribution in [1.82, 2.24) is 9.55 Å². The molecule has 0 atom stereocenters. The molecule has 0 fully saturated rings. The van der Waals surface area contributed by atoms with Crippen LogP contribution in [0.25, 0.3) is 32.1 Å². The van der Waals surface area contributed by atoms with Gasteiger partial charge in [0, 0.05) is 46.1 Å². The number of benzene rings is 2. The van der Waals surface area contributed by atoms with Crippen molar-refractivity contribution in [3.05, 3.63) is 82.5 Å². The summed E-state index contributed by atoms with van der Waals surface area (Å²) in [5.74, 6) is -0.167. The van der Waals surface area contributed by atoms with Crippen molar-refractivity contribution >= 4 is 55.7 Å². The third-order valence-corrected chi connectivity index (χ3v) is 7.02. The zero-order chi connectivity index (χ0) is 23.7. The number of carbonyl (C=O) groups is 1. The van der Waals surface area contributed by atoms with Gasteiger partial charge in [0.1, 0.15) is 5.82 Å². The van der Waals surface area contributed by atoms with Gasteiger partial charge in [-0.05, 0) is 69.4 Å². The Morgan fingerprint density at radius 3 is 2.74 bits per heavy atom. The first-order valence-electron chi connectivity index (χ1n) is 10.8. The second kappa shape index (κ2) is 9.46. The summed E-state index contributed by atoms with van der Waals surface area (Å²) in [5, 5.41) is 26.5. The Kier molecular flexibility index (Phi) is 6.24. The van der Waals surface area contributed by atoms with E-state index in [1.165, 1.54) is 4.70 Å². The molecular formula is C26H22ClN3O3S. The van der Waals surface area contributed by atoms with Crippen LogP contribution in [0.1, 0.15) is 11.1 Å². The summed E-state index contributed by atoms with van der Waals surface area (Å²) in [6.45, 7) is 1.06. The molecule has 0 saturated heterocycles. The largest absolute Gasteiger partial charge is 0.481 e. The number of aliphatic hydroxyl groups excluding tert-OH is 1. The van der Waals surface area contributed by atoms with Gasteiger partial charge < -0.3 is 20.1 Å². The van der Waals surface area contributed by atoms with Gasteiger partial charge in [-0.1, -0.05) is 23.7 Å². The van der Waals surface area contributed by atoms with Crippen molar-refractivity contribution in [2.24, 2.45) is 0 Å². The predicted octanol–water partition coefficient (Wildman–Crippen LogP) is 5.65. The Bertz CT molecular complexity index is 1510. The van der Waals surface area contributed by atoms with Crippen LogP contribution in [-0.4, -0.2) is 38.9 Å². The highest BCUT2D eigenvalue weighted by Crippen LogP contribution is 2.33. The number of pyridine rings is 1. The molecule has 172 valence electrons. The minimum atomic E-state index is -0.857. The molecule has 0 saturated carbocycles. The van der Waals surface area contributed by atoms with Crippen LogP contribution in [0.15, 0.2) is 66.3 Å². The molecular weight excluding hydrogens is 470 g/mol. The van der Waals surface area contributed by atoms with Crippen LogP contribution in [0.3, 0.4) is 0 Å². The van der Waals surface area contributed by atoms with Crippen molar-refractivity contribution in [1.29, 1.82) is 0 Å². The van der Waals surface area contributed by atoms with Gasteiger partial charge in [-0.3, -0.25) is 4.79 Å². The normalized spacial score (nSPS) is 11.4. The Balaban J connectivity index is 1.59. The van der Waals surface area contributed by atoms with Gasteiger partial charge in [0.2, 0.25) is 0 Å². The monoisotopic (exact) mass is 491 g/mol. The topological polar surface area (TPSA) is 87.4 Å². The Morgan fingerprint density at radius 1 is 1.06 bits per heavy atom. The van der Waals surface area contributed by atoms with Crippen molar-refractivity contribution in [2.45, 2.75) is 13.0 Å². The molecule has 0 spiro atoms. The van der Waals surface area contributed by atoms with Crippen LogP contribution in [0.4, 0.5) is 5.82 Å². The predicted molar refractivity (Wildman–Crippen MR) is 138 cm³/mol. The Labute approximate surface area is 205 Å². The van der Waals surface area contributed by atoms with Gasteiger partial charge in [0.15, 0.2) is 0 Å². The number of fused-ring (bicyclic) bond motifs is 2. The lowest BCUT2D eigenvalue weighted by Gasteiger charge is -2.09. The molecule has 0 aliphatic carbocycles. The summed E-state index contributed by atoms with van der Waals surface area (Å²) in [6, 6.07) is 15.9. The summed E-state index contributed by atoms with van der Waals surface area (Å²) < 4.78 is 3.29. The molecule has 0 bridgehead atoms. The molecule has 34 heavy (non-hydrogen) atoms. The number of hydrogen-bond donors (Lipinski definition) is 3. The molecule has 0 aliphatic rings. The molecule has 5 aromatic rings. The van der Waals surface area contributed by atoms with Crippen LogP contribution in [-0.2, 0) is 17.8 Å². The summed E-state index contributed by atoms with van der Waals surface area (Å²) in [7, 11) is 0.